The molecule has 0 amide bonds. The molecule has 0 atom stereocenters. The first-order valence-electron chi connectivity index (χ1n) is 2.24. The maximum absolute atomic E-state index is 10.6. The van der Waals surface area contributed by atoms with Crippen LogP contribution in [-0.4, -0.2) is 11.6 Å². The Kier molecular flexibility index (Phi) is 1.86. The van der Waals surface area contributed by atoms with Crippen LogP contribution in [0, 0.1) is 0 Å². The number of hydrogen-bond acceptors (Lipinski definition) is 2. The maximum Gasteiger partial charge on any atom is 0.178 e. The van der Waals surface area contributed by atoms with E-state index in [0.717, 1.165) is 0 Å². The van der Waals surface area contributed by atoms with Gasteiger partial charge in [0.15, 0.2) is 11.6 Å². The van der Waals surface area contributed by atoms with Gasteiger partial charge in [0.1, 0.15) is 0 Å². The van der Waals surface area contributed by atoms with E-state index in [4.69, 9.17) is 0 Å². The van der Waals surface area contributed by atoms with Gasteiger partial charge in [-0.3, -0.25) is 9.59 Å². The van der Waals surface area contributed by atoms with Crippen molar-refractivity contribution in [1.29, 1.82) is 0 Å². The summed E-state index contributed by atoms with van der Waals surface area (Å²) >= 11 is 5.94. The summed E-state index contributed by atoms with van der Waals surface area (Å²) in [6, 6.07) is 0. The Morgan fingerprint density at radius 2 is 1.33 bits per heavy atom. The topological polar surface area (TPSA) is 34.1 Å². The molecule has 1 aliphatic rings. The van der Waals surface area contributed by atoms with Crippen molar-refractivity contribution in [2.75, 3.05) is 0 Å². The zero-order valence-electron chi connectivity index (χ0n) is 4.28. The Balaban J connectivity index is 3.06. The number of rotatable bonds is 0. The van der Waals surface area contributed by atoms with Crippen LogP contribution in [0.5, 0.6) is 0 Å². The van der Waals surface area contributed by atoms with Gasteiger partial charge in [-0.05, 0) is 31.9 Å². The van der Waals surface area contributed by atoms with Gasteiger partial charge in [-0.1, -0.05) is 0 Å². The van der Waals surface area contributed by atoms with Crippen molar-refractivity contribution in [3.63, 3.8) is 0 Å². The fourth-order valence-corrected chi connectivity index (χ4v) is 1.27. The fraction of sp³-hybridized carbons (Fsp3) is 0.200. The lowest BCUT2D eigenvalue weighted by atomic mass is 10.3. The van der Waals surface area contributed by atoms with Crippen LogP contribution < -0.4 is 0 Å². The predicted molar refractivity (Wildman–Crippen MR) is 39.5 cm³/mol. The van der Waals surface area contributed by atoms with Gasteiger partial charge in [-0.2, -0.15) is 0 Å². The van der Waals surface area contributed by atoms with Crippen LogP contribution in [0.3, 0.4) is 0 Å². The lowest BCUT2D eigenvalue weighted by Crippen LogP contribution is -1.93. The zero-order chi connectivity index (χ0) is 7.02. The Morgan fingerprint density at radius 3 is 1.44 bits per heavy atom. The molecule has 1 aliphatic carbocycles. The molecule has 4 heteroatoms. The Labute approximate surface area is 68.6 Å². The zero-order valence-corrected chi connectivity index (χ0v) is 7.45. The second-order valence-corrected chi connectivity index (χ2v) is 3.24. The molecule has 0 aromatic heterocycles. The van der Waals surface area contributed by atoms with E-state index in [1.165, 1.54) is 0 Å². The quantitative estimate of drug-likeness (QED) is 0.614. The van der Waals surface area contributed by atoms with Crippen molar-refractivity contribution in [1.82, 2.24) is 0 Å². The smallest absolute Gasteiger partial charge is 0.178 e. The highest BCUT2D eigenvalue weighted by Crippen LogP contribution is 2.28. The molecule has 0 bridgehead atoms. The molecule has 0 aromatic rings. The Bertz CT molecular complexity index is 195. The van der Waals surface area contributed by atoms with E-state index in [0.29, 0.717) is 8.96 Å². The minimum Gasteiger partial charge on any atom is -0.293 e. The molecule has 0 spiro atoms. The molecule has 2 nitrogen and oxygen atoms in total. The summed E-state index contributed by atoms with van der Waals surface area (Å²) in [5.74, 6) is -0.293. The molecule has 48 valence electrons. The largest absolute Gasteiger partial charge is 0.293 e. The number of Topliss-reactive ketones (excluding diaryl/α,β-unsaturated/α-hetero) is 2. The van der Waals surface area contributed by atoms with Crippen LogP contribution in [0.15, 0.2) is 8.96 Å². The van der Waals surface area contributed by atoms with E-state index in [1.807, 2.05) is 0 Å². The van der Waals surface area contributed by atoms with E-state index < -0.39 is 0 Å². The first-order valence-corrected chi connectivity index (χ1v) is 3.83. The van der Waals surface area contributed by atoms with Gasteiger partial charge in [0.05, 0.1) is 15.4 Å². The lowest BCUT2D eigenvalue weighted by molar-refractivity contribution is -0.120. The van der Waals surface area contributed by atoms with Gasteiger partial charge >= 0.3 is 0 Å². The molecule has 0 radical (unpaired) electrons. The summed E-state index contributed by atoms with van der Waals surface area (Å²) in [5, 5.41) is 0. The van der Waals surface area contributed by atoms with E-state index >= 15 is 0 Å². The standard InChI is InChI=1S/C5H2Br2O2/c6-4-2(8)1-3(9)5(4)7/h1H2. The SMILES string of the molecule is O=C1CC(=O)C(Br)=C1Br. The number of hydrogen-bond donors (Lipinski definition) is 0. The average Bonchev–Trinajstić information content (AvgIpc) is 1.98. The van der Waals surface area contributed by atoms with Gasteiger partial charge in [-0.15, -0.1) is 0 Å². The van der Waals surface area contributed by atoms with Crippen LogP contribution in [-0.2, 0) is 9.59 Å². The molecule has 0 aromatic carbocycles. The van der Waals surface area contributed by atoms with E-state index in [9.17, 15) is 9.59 Å². The Hall–Kier alpha value is 0.0400. The molecule has 0 heterocycles. The third-order valence-corrected chi connectivity index (χ3v) is 3.21. The molecule has 9 heavy (non-hydrogen) atoms. The van der Waals surface area contributed by atoms with Crippen molar-refractivity contribution >= 4 is 43.4 Å². The van der Waals surface area contributed by atoms with Crippen molar-refractivity contribution in [3.05, 3.63) is 8.96 Å². The minimum atomic E-state index is -0.146. The van der Waals surface area contributed by atoms with E-state index in [2.05, 4.69) is 31.9 Å². The summed E-state index contributed by atoms with van der Waals surface area (Å²) < 4.78 is 0.736. The molecule has 1 rings (SSSR count). The molecule has 0 unspecified atom stereocenters. The first-order chi connectivity index (χ1) is 4.13. The van der Waals surface area contributed by atoms with Crippen molar-refractivity contribution in [2.45, 2.75) is 6.42 Å². The summed E-state index contributed by atoms with van der Waals surface area (Å²) in [7, 11) is 0. The van der Waals surface area contributed by atoms with E-state index in [-0.39, 0.29) is 18.0 Å². The highest BCUT2D eigenvalue weighted by atomic mass is 79.9. The monoisotopic (exact) mass is 252 g/mol. The normalized spacial score (nSPS) is 19.8. The molecular formula is C5H2Br2O2. The number of allylic oxidation sites excluding steroid dienone is 2. The maximum atomic E-state index is 10.6. The van der Waals surface area contributed by atoms with Crippen LogP contribution in [0.1, 0.15) is 6.42 Å². The van der Waals surface area contributed by atoms with Crippen LogP contribution >= 0.6 is 31.9 Å². The first kappa shape index (κ1) is 7.15. The summed E-state index contributed by atoms with van der Waals surface area (Å²) in [6.07, 6.45) is 0.00116. The predicted octanol–water partition coefficient (Wildman–Crippen LogP) is 1.53. The van der Waals surface area contributed by atoms with Crippen LogP contribution in [0.2, 0.25) is 0 Å². The third-order valence-electron chi connectivity index (χ3n) is 1.00. The van der Waals surface area contributed by atoms with Crippen molar-refractivity contribution in [2.24, 2.45) is 0 Å². The highest BCUT2D eigenvalue weighted by molar-refractivity contribution is 9.14. The van der Waals surface area contributed by atoms with Gasteiger partial charge in [0.25, 0.3) is 0 Å². The second kappa shape index (κ2) is 2.34. The number of carbonyl (C=O) groups is 2. The second-order valence-electron chi connectivity index (χ2n) is 1.65. The molecular weight excluding hydrogens is 252 g/mol. The molecule has 0 N–H and O–H groups in total. The number of halogens is 2. The van der Waals surface area contributed by atoms with Crippen LogP contribution in [0.25, 0.3) is 0 Å². The Morgan fingerprint density at radius 1 is 1.00 bits per heavy atom. The summed E-state index contributed by atoms with van der Waals surface area (Å²) in [4.78, 5) is 21.3. The van der Waals surface area contributed by atoms with Crippen molar-refractivity contribution in [3.8, 4) is 0 Å². The van der Waals surface area contributed by atoms with Crippen LogP contribution in [0.4, 0.5) is 0 Å². The molecule has 0 saturated heterocycles. The van der Waals surface area contributed by atoms with E-state index in [1.54, 1.807) is 0 Å². The molecule has 0 saturated carbocycles. The summed E-state index contributed by atoms with van der Waals surface area (Å²) in [6.45, 7) is 0. The lowest BCUT2D eigenvalue weighted by Gasteiger charge is -1.80. The number of ketones is 2. The summed E-state index contributed by atoms with van der Waals surface area (Å²) in [5.41, 5.74) is 0. The van der Waals surface area contributed by atoms with Gasteiger partial charge < -0.3 is 0 Å². The van der Waals surface area contributed by atoms with Gasteiger partial charge in [0.2, 0.25) is 0 Å². The van der Waals surface area contributed by atoms with Gasteiger partial charge in [-0.25, -0.2) is 0 Å². The fourth-order valence-electron chi connectivity index (χ4n) is 0.546. The molecule has 0 aliphatic heterocycles. The third kappa shape index (κ3) is 1.14. The molecule has 0 fully saturated rings. The minimum absolute atomic E-state index is 0.00116. The van der Waals surface area contributed by atoms with Gasteiger partial charge in [0, 0.05) is 0 Å². The highest BCUT2D eigenvalue weighted by Gasteiger charge is 2.26. The van der Waals surface area contributed by atoms with Crippen molar-refractivity contribution < 1.29 is 9.59 Å². The number of carbonyl (C=O) groups excluding carboxylic acids is 2. The average molecular weight is 254 g/mol.